The molecule has 1 atom stereocenters. The lowest BCUT2D eigenvalue weighted by molar-refractivity contribution is 0.132. The summed E-state index contributed by atoms with van der Waals surface area (Å²) in [5, 5.41) is 11.9. The Morgan fingerprint density at radius 3 is 2.71 bits per heavy atom. The van der Waals surface area contributed by atoms with Crippen LogP contribution in [0.1, 0.15) is 37.8 Å². The Labute approximate surface area is 101 Å². The third kappa shape index (κ3) is 3.17. The molecule has 1 aromatic carbocycles. The van der Waals surface area contributed by atoms with Crippen LogP contribution in [0, 0.1) is 5.82 Å². The highest BCUT2D eigenvalue weighted by atomic mass is 19.1. The van der Waals surface area contributed by atoms with E-state index in [2.05, 4.69) is 10.4 Å². The summed E-state index contributed by atoms with van der Waals surface area (Å²) in [5.41, 5.74) is 3.92. The Hall–Kier alpha value is -1.13. The van der Waals surface area contributed by atoms with Crippen molar-refractivity contribution in [2.75, 3.05) is 13.1 Å². The zero-order valence-electron chi connectivity index (χ0n) is 10.1. The van der Waals surface area contributed by atoms with Crippen LogP contribution in [0.25, 0.3) is 0 Å². The molecule has 1 saturated heterocycles. The van der Waals surface area contributed by atoms with Gasteiger partial charge in [-0.15, -0.1) is 0 Å². The van der Waals surface area contributed by atoms with E-state index in [1.807, 2.05) is 6.92 Å². The molecule has 1 aromatic rings. The molecule has 94 valence electrons. The Morgan fingerprint density at radius 2 is 2.00 bits per heavy atom. The summed E-state index contributed by atoms with van der Waals surface area (Å²) in [6.45, 7) is 3.96. The van der Waals surface area contributed by atoms with E-state index in [4.69, 9.17) is 0 Å². The molecule has 0 aliphatic carbocycles. The molecule has 1 aliphatic heterocycles. The van der Waals surface area contributed by atoms with E-state index in [1.165, 1.54) is 37.5 Å². The summed E-state index contributed by atoms with van der Waals surface area (Å²) < 4.78 is 13.1. The van der Waals surface area contributed by atoms with Crippen LogP contribution >= 0.6 is 0 Å². The van der Waals surface area contributed by atoms with Gasteiger partial charge >= 0.3 is 0 Å². The first-order chi connectivity index (χ1) is 8.16. The first-order valence-electron chi connectivity index (χ1n) is 6.16. The van der Waals surface area contributed by atoms with Gasteiger partial charge in [-0.25, -0.2) is 14.8 Å². The van der Waals surface area contributed by atoms with Crippen molar-refractivity contribution in [3.05, 3.63) is 29.6 Å². The van der Waals surface area contributed by atoms with Crippen molar-refractivity contribution in [2.24, 2.45) is 0 Å². The highest BCUT2D eigenvalue weighted by molar-refractivity contribution is 5.34. The van der Waals surface area contributed by atoms with Crippen molar-refractivity contribution in [3.63, 3.8) is 0 Å². The van der Waals surface area contributed by atoms with E-state index < -0.39 is 0 Å². The molecule has 1 fully saturated rings. The Morgan fingerprint density at radius 1 is 1.29 bits per heavy atom. The fraction of sp³-hybridized carbons (Fsp3) is 0.538. The molecule has 1 aliphatic rings. The van der Waals surface area contributed by atoms with Crippen LogP contribution in [0.5, 0.6) is 5.75 Å². The minimum atomic E-state index is -0.315. The van der Waals surface area contributed by atoms with Gasteiger partial charge in [-0.3, -0.25) is 0 Å². The number of halogens is 1. The molecule has 0 spiro atoms. The Bertz CT molecular complexity index is 378. The number of nitrogens with one attached hydrogen (secondary N) is 1. The van der Waals surface area contributed by atoms with Crippen LogP contribution in [0.15, 0.2) is 18.2 Å². The van der Waals surface area contributed by atoms with E-state index in [9.17, 15) is 9.50 Å². The maximum absolute atomic E-state index is 13.1. The molecule has 2 rings (SSSR count). The lowest BCUT2D eigenvalue weighted by Crippen LogP contribution is -2.42. The predicted octanol–water partition coefficient (Wildman–Crippen LogP) is 2.58. The van der Waals surface area contributed by atoms with Crippen molar-refractivity contribution in [1.82, 2.24) is 10.4 Å². The third-order valence-corrected chi connectivity index (χ3v) is 3.19. The summed E-state index contributed by atoms with van der Waals surface area (Å²) in [6, 6.07) is 3.98. The van der Waals surface area contributed by atoms with Crippen molar-refractivity contribution >= 4 is 0 Å². The first-order valence-corrected chi connectivity index (χ1v) is 6.16. The minimum Gasteiger partial charge on any atom is -0.508 e. The number of hydrogen-bond donors (Lipinski definition) is 2. The fourth-order valence-corrected chi connectivity index (χ4v) is 2.24. The second-order valence-electron chi connectivity index (χ2n) is 4.60. The topological polar surface area (TPSA) is 35.5 Å². The third-order valence-electron chi connectivity index (χ3n) is 3.19. The number of hydrogen-bond acceptors (Lipinski definition) is 3. The van der Waals surface area contributed by atoms with E-state index in [-0.39, 0.29) is 17.6 Å². The summed E-state index contributed by atoms with van der Waals surface area (Å²) in [4.78, 5) is 0. The first kappa shape index (κ1) is 12.3. The van der Waals surface area contributed by atoms with Gasteiger partial charge in [0.2, 0.25) is 0 Å². The maximum Gasteiger partial charge on any atom is 0.123 e. The Kier molecular flexibility index (Phi) is 3.97. The molecule has 0 amide bonds. The van der Waals surface area contributed by atoms with E-state index in [0.717, 1.165) is 13.1 Å². The van der Waals surface area contributed by atoms with Crippen molar-refractivity contribution in [2.45, 2.75) is 32.2 Å². The van der Waals surface area contributed by atoms with Crippen LogP contribution in [-0.2, 0) is 0 Å². The largest absolute Gasteiger partial charge is 0.508 e. The fourth-order valence-electron chi connectivity index (χ4n) is 2.24. The molecule has 1 unspecified atom stereocenters. The van der Waals surface area contributed by atoms with E-state index >= 15 is 0 Å². The van der Waals surface area contributed by atoms with Gasteiger partial charge in [-0.05, 0) is 38.0 Å². The molecule has 3 nitrogen and oxygen atoms in total. The van der Waals surface area contributed by atoms with Gasteiger partial charge in [0.15, 0.2) is 0 Å². The Balaban J connectivity index is 2.02. The lowest BCUT2D eigenvalue weighted by Gasteiger charge is -2.30. The average molecular weight is 238 g/mol. The van der Waals surface area contributed by atoms with Crippen LogP contribution in [0.4, 0.5) is 4.39 Å². The van der Waals surface area contributed by atoms with Gasteiger partial charge in [0.1, 0.15) is 11.6 Å². The zero-order valence-corrected chi connectivity index (χ0v) is 10.1. The molecular weight excluding hydrogens is 219 g/mol. The molecular formula is C13H19FN2O. The number of piperidine rings is 1. The summed E-state index contributed by atoms with van der Waals surface area (Å²) in [6.07, 6.45) is 3.65. The number of rotatable bonds is 3. The van der Waals surface area contributed by atoms with Gasteiger partial charge in [0, 0.05) is 24.7 Å². The maximum atomic E-state index is 13.1. The normalized spacial score (nSPS) is 19.2. The molecule has 0 aromatic heterocycles. The number of aromatic hydroxyl groups is 1. The van der Waals surface area contributed by atoms with Gasteiger partial charge in [0.05, 0.1) is 0 Å². The highest BCUT2D eigenvalue weighted by Crippen LogP contribution is 2.25. The summed E-state index contributed by atoms with van der Waals surface area (Å²) in [5.74, 6) is -0.173. The van der Waals surface area contributed by atoms with Crippen LogP contribution in [0.2, 0.25) is 0 Å². The minimum absolute atomic E-state index is 0.0798. The number of hydrazine groups is 1. The van der Waals surface area contributed by atoms with Gasteiger partial charge < -0.3 is 5.11 Å². The van der Waals surface area contributed by atoms with E-state index in [1.54, 1.807) is 0 Å². The number of nitrogens with zero attached hydrogens (tertiary/aromatic N) is 1. The highest BCUT2D eigenvalue weighted by Gasteiger charge is 2.16. The van der Waals surface area contributed by atoms with Crippen LogP contribution in [-0.4, -0.2) is 23.2 Å². The molecule has 4 heteroatoms. The quantitative estimate of drug-likeness (QED) is 0.849. The van der Waals surface area contributed by atoms with Crippen LogP contribution < -0.4 is 5.43 Å². The van der Waals surface area contributed by atoms with Gasteiger partial charge in [-0.2, -0.15) is 0 Å². The molecule has 0 saturated carbocycles. The second-order valence-corrected chi connectivity index (χ2v) is 4.60. The molecule has 1 heterocycles. The van der Waals surface area contributed by atoms with Crippen molar-refractivity contribution < 1.29 is 9.50 Å². The van der Waals surface area contributed by atoms with E-state index in [0.29, 0.717) is 5.56 Å². The predicted molar refractivity (Wildman–Crippen MR) is 65.0 cm³/mol. The zero-order chi connectivity index (χ0) is 12.3. The SMILES string of the molecule is CC(NN1CCCCC1)c1cc(F)ccc1O. The molecule has 17 heavy (non-hydrogen) atoms. The van der Waals surface area contributed by atoms with Crippen molar-refractivity contribution in [1.29, 1.82) is 0 Å². The number of phenols is 1. The summed E-state index contributed by atoms with van der Waals surface area (Å²) >= 11 is 0. The number of benzene rings is 1. The molecule has 0 bridgehead atoms. The van der Waals surface area contributed by atoms with Gasteiger partial charge in [0.25, 0.3) is 0 Å². The number of phenolic OH excluding ortho intramolecular Hbond substituents is 1. The average Bonchev–Trinajstić information content (AvgIpc) is 2.33. The van der Waals surface area contributed by atoms with Crippen molar-refractivity contribution in [3.8, 4) is 5.75 Å². The summed E-state index contributed by atoms with van der Waals surface area (Å²) in [7, 11) is 0. The smallest absolute Gasteiger partial charge is 0.123 e. The monoisotopic (exact) mass is 238 g/mol. The lowest BCUT2D eigenvalue weighted by atomic mass is 10.1. The molecule has 0 radical (unpaired) electrons. The standard InChI is InChI=1S/C13H19FN2O/c1-10(15-16-7-3-2-4-8-16)12-9-11(14)5-6-13(12)17/h5-6,9-10,15,17H,2-4,7-8H2,1H3. The molecule has 2 N–H and O–H groups in total. The second kappa shape index (κ2) is 5.47. The van der Waals surface area contributed by atoms with Crippen LogP contribution in [0.3, 0.4) is 0 Å². The van der Waals surface area contributed by atoms with Gasteiger partial charge in [-0.1, -0.05) is 6.42 Å².